The molecule has 2 aromatic carbocycles. The highest BCUT2D eigenvalue weighted by molar-refractivity contribution is 9.10. The summed E-state index contributed by atoms with van der Waals surface area (Å²) in [4.78, 5) is 20.6. The smallest absolute Gasteiger partial charge is 0.248 e. The molecule has 0 fully saturated rings. The minimum Gasteiger partial charge on any atom is -0.340 e. The number of nitrogens with one attached hydrogen (secondary N) is 2. The van der Waals surface area contributed by atoms with Crippen LogP contribution >= 0.6 is 15.9 Å². The maximum Gasteiger partial charge on any atom is 0.248 e. The lowest BCUT2D eigenvalue weighted by molar-refractivity contribution is -0.111. The second kappa shape index (κ2) is 8.40. The van der Waals surface area contributed by atoms with E-state index in [0.29, 0.717) is 11.5 Å². The Morgan fingerprint density at radius 2 is 1.96 bits per heavy atom. The van der Waals surface area contributed by atoms with Crippen LogP contribution in [0.4, 0.5) is 17.2 Å². The van der Waals surface area contributed by atoms with Gasteiger partial charge in [0.1, 0.15) is 12.1 Å². The van der Waals surface area contributed by atoms with Crippen molar-refractivity contribution in [2.45, 2.75) is 6.92 Å². The fourth-order valence-corrected chi connectivity index (χ4v) is 2.77. The van der Waals surface area contributed by atoms with Crippen molar-refractivity contribution in [2.24, 2.45) is 0 Å². The van der Waals surface area contributed by atoms with Crippen molar-refractivity contribution in [3.63, 3.8) is 0 Å². The molecule has 1 amide bonds. The molecule has 1 aromatic heterocycles. The molecule has 2 N–H and O–H groups in total. The van der Waals surface area contributed by atoms with Gasteiger partial charge in [-0.25, -0.2) is 9.97 Å². The van der Waals surface area contributed by atoms with Gasteiger partial charge in [-0.2, -0.15) is 0 Å². The van der Waals surface area contributed by atoms with Crippen LogP contribution in [-0.2, 0) is 4.79 Å². The van der Waals surface area contributed by atoms with Gasteiger partial charge in [0, 0.05) is 27.3 Å². The molecular formula is C20H17BrN4O. The SMILES string of the molecule is CC=CC=CC(=O)Nc1ccc2ncnc(Nc3cccc(Br)c3)c2c1. The van der Waals surface area contributed by atoms with Crippen molar-refractivity contribution < 1.29 is 4.79 Å². The van der Waals surface area contributed by atoms with Gasteiger partial charge in [-0.05, 0) is 43.3 Å². The molecule has 3 rings (SSSR count). The number of anilines is 3. The molecular weight excluding hydrogens is 392 g/mol. The fraction of sp³-hybridized carbons (Fsp3) is 0.0500. The molecule has 0 spiro atoms. The maximum atomic E-state index is 12.0. The first-order chi connectivity index (χ1) is 12.7. The Balaban J connectivity index is 1.89. The molecule has 0 atom stereocenters. The zero-order valence-corrected chi connectivity index (χ0v) is 15.7. The Morgan fingerprint density at radius 3 is 2.77 bits per heavy atom. The van der Waals surface area contributed by atoms with Crippen molar-refractivity contribution >= 4 is 49.9 Å². The minimum absolute atomic E-state index is 0.194. The molecule has 5 nitrogen and oxygen atoms in total. The third-order valence-electron chi connectivity index (χ3n) is 3.54. The van der Waals surface area contributed by atoms with Crippen molar-refractivity contribution in [1.29, 1.82) is 0 Å². The van der Waals surface area contributed by atoms with E-state index in [9.17, 15) is 4.79 Å². The number of nitrogens with zero attached hydrogens (tertiary/aromatic N) is 2. The van der Waals surface area contributed by atoms with E-state index < -0.39 is 0 Å². The normalized spacial score (nSPS) is 11.3. The highest BCUT2D eigenvalue weighted by atomic mass is 79.9. The summed E-state index contributed by atoms with van der Waals surface area (Å²) in [5.41, 5.74) is 2.38. The molecule has 0 unspecified atom stereocenters. The van der Waals surface area contributed by atoms with Gasteiger partial charge in [0.25, 0.3) is 0 Å². The standard InChI is InChI=1S/C20H17BrN4O/c1-2-3-4-8-19(26)24-16-9-10-18-17(12-16)20(23-13-22-18)25-15-7-5-6-14(21)11-15/h2-13H,1H3,(H,24,26)(H,22,23,25). The highest BCUT2D eigenvalue weighted by Gasteiger charge is 2.07. The topological polar surface area (TPSA) is 66.9 Å². The van der Waals surface area contributed by atoms with E-state index in [1.807, 2.05) is 55.5 Å². The van der Waals surface area contributed by atoms with Gasteiger partial charge in [-0.15, -0.1) is 0 Å². The van der Waals surface area contributed by atoms with Gasteiger partial charge in [0.05, 0.1) is 5.52 Å². The number of hydrogen-bond donors (Lipinski definition) is 2. The van der Waals surface area contributed by atoms with Crippen LogP contribution in [-0.4, -0.2) is 15.9 Å². The van der Waals surface area contributed by atoms with Crippen molar-refractivity contribution in [3.8, 4) is 0 Å². The third kappa shape index (κ3) is 4.55. The summed E-state index contributed by atoms with van der Waals surface area (Å²) in [5, 5.41) is 6.96. The van der Waals surface area contributed by atoms with E-state index in [1.165, 1.54) is 12.4 Å². The van der Waals surface area contributed by atoms with Crippen LogP contribution < -0.4 is 10.6 Å². The number of carbonyl (C=O) groups excluding carboxylic acids is 1. The zero-order valence-electron chi connectivity index (χ0n) is 14.1. The Morgan fingerprint density at radius 1 is 1.08 bits per heavy atom. The molecule has 0 aliphatic rings. The molecule has 0 aliphatic heterocycles. The summed E-state index contributed by atoms with van der Waals surface area (Å²) in [7, 11) is 0. The average Bonchev–Trinajstić information content (AvgIpc) is 2.62. The summed E-state index contributed by atoms with van der Waals surface area (Å²) in [6, 6.07) is 13.4. The molecule has 0 bridgehead atoms. The van der Waals surface area contributed by atoms with Crippen molar-refractivity contribution in [1.82, 2.24) is 9.97 Å². The number of benzene rings is 2. The Hall–Kier alpha value is -2.99. The first-order valence-corrected chi connectivity index (χ1v) is 8.83. The predicted molar refractivity (Wildman–Crippen MR) is 110 cm³/mol. The van der Waals surface area contributed by atoms with Crippen LogP contribution in [0.5, 0.6) is 0 Å². The second-order valence-corrected chi connectivity index (χ2v) is 6.38. The van der Waals surface area contributed by atoms with Gasteiger partial charge in [-0.1, -0.05) is 40.2 Å². The second-order valence-electron chi connectivity index (χ2n) is 5.46. The van der Waals surface area contributed by atoms with E-state index in [1.54, 1.807) is 12.2 Å². The van der Waals surface area contributed by atoms with Gasteiger partial charge < -0.3 is 10.6 Å². The highest BCUT2D eigenvalue weighted by Crippen LogP contribution is 2.26. The molecule has 26 heavy (non-hydrogen) atoms. The summed E-state index contributed by atoms with van der Waals surface area (Å²) in [6.45, 7) is 1.89. The molecule has 0 saturated heterocycles. The Labute approximate surface area is 160 Å². The number of carbonyl (C=O) groups is 1. The third-order valence-corrected chi connectivity index (χ3v) is 4.03. The average molecular weight is 409 g/mol. The van der Waals surface area contributed by atoms with Crippen LogP contribution in [0.3, 0.4) is 0 Å². The van der Waals surface area contributed by atoms with E-state index in [2.05, 4.69) is 36.5 Å². The molecule has 6 heteroatoms. The molecule has 0 aliphatic carbocycles. The molecule has 0 radical (unpaired) electrons. The van der Waals surface area contributed by atoms with Gasteiger partial charge in [-0.3, -0.25) is 4.79 Å². The van der Waals surface area contributed by atoms with Crippen molar-refractivity contribution in [3.05, 3.63) is 77.6 Å². The minimum atomic E-state index is -0.194. The summed E-state index contributed by atoms with van der Waals surface area (Å²) in [5.74, 6) is 0.481. The summed E-state index contributed by atoms with van der Waals surface area (Å²) >= 11 is 3.46. The lowest BCUT2D eigenvalue weighted by Gasteiger charge is -2.10. The van der Waals surface area contributed by atoms with Gasteiger partial charge >= 0.3 is 0 Å². The number of amides is 1. The fourth-order valence-electron chi connectivity index (χ4n) is 2.37. The molecule has 130 valence electrons. The van der Waals surface area contributed by atoms with Crippen LogP contribution in [0.2, 0.25) is 0 Å². The van der Waals surface area contributed by atoms with Gasteiger partial charge in [0.15, 0.2) is 0 Å². The van der Waals surface area contributed by atoms with Crippen molar-refractivity contribution in [2.75, 3.05) is 10.6 Å². The first-order valence-electron chi connectivity index (χ1n) is 8.03. The summed E-state index contributed by atoms with van der Waals surface area (Å²) in [6.07, 6.45) is 8.34. The quantitative estimate of drug-likeness (QED) is 0.449. The maximum absolute atomic E-state index is 12.0. The largest absolute Gasteiger partial charge is 0.340 e. The number of halogens is 1. The van der Waals surface area contributed by atoms with Crippen LogP contribution in [0.15, 0.2) is 77.6 Å². The Kier molecular flexibility index (Phi) is 5.76. The Bertz CT molecular complexity index is 998. The van der Waals surface area contributed by atoms with Gasteiger partial charge in [0.2, 0.25) is 5.91 Å². The van der Waals surface area contributed by atoms with Crippen LogP contribution in [0.25, 0.3) is 10.9 Å². The number of hydrogen-bond acceptors (Lipinski definition) is 4. The summed E-state index contributed by atoms with van der Waals surface area (Å²) < 4.78 is 0.974. The number of allylic oxidation sites excluding steroid dienone is 3. The van der Waals surface area contributed by atoms with Crippen LogP contribution in [0.1, 0.15) is 6.92 Å². The molecule has 3 aromatic rings. The van der Waals surface area contributed by atoms with E-state index in [4.69, 9.17) is 0 Å². The lowest BCUT2D eigenvalue weighted by atomic mass is 10.2. The number of rotatable bonds is 5. The van der Waals surface area contributed by atoms with E-state index in [0.717, 1.165) is 21.1 Å². The first kappa shape index (κ1) is 17.8. The van der Waals surface area contributed by atoms with E-state index >= 15 is 0 Å². The number of fused-ring (bicyclic) bond motifs is 1. The predicted octanol–water partition coefficient (Wildman–Crippen LogP) is 5.21. The molecule has 1 heterocycles. The molecule has 0 saturated carbocycles. The monoisotopic (exact) mass is 408 g/mol. The van der Waals surface area contributed by atoms with E-state index in [-0.39, 0.29) is 5.91 Å². The number of aromatic nitrogens is 2. The zero-order chi connectivity index (χ0) is 18.4. The lowest BCUT2D eigenvalue weighted by Crippen LogP contribution is -2.07. The van der Waals surface area contributed by atoms with Crippen LogP contribution in [0, 0.1) is 0 Å².